The molecule has 0 aliphatic heterocycles. The predicted octanol–water partition coefficient (Wildman–Crippen LogP) is 0.959. The summed E-state index contributed by atoms with van der Waals surface area (Å²) >= 11 is 0. The Balaban J connectivity index is 4.40. The van der Waals surface area contributed by atoms with E-state index in [4.69, 9.17) is 11.5 Å². The van der Waals surface area contributed by atoms with E-state index >= 15 is 0 Å². The van der Waals surface area contributed by atoms with Crippen molar-refractivity contribution in [2.45, 2.75) is 19.0 Å². The Labute approximate surface area is 68.3 Å². The molecule has 0 aliphatic carbocycles. The van der Waals surface area contributed by atoms with Gasteiger partial charge in [0, 0.05) is 12.1 Å². The Kier molecular flexibility index (Phi) is 4.50. The lowest BCUT2D eigenvalue weighted by molar-refractivity contribution is 0.823. The number of rotatable bonds is 4. The van der Waals surface area contributed by atoms with Crippen molar-refractivity contribution < 1.29 is 0 Å². The van der Waals surface area contributed by atoms with Crippen LogP contribution in [0, 0.1) is 0 Å². The molecule has 2 heteroatoms. The normalized spacial score (nSPS) is 14.8. The van der Waals surface area contributed by atoms with Gasteiger partial charge < -0.3 is 11.5 Å². The van der Waals surface area contributed by atoms with E-state index in [1.165, 1.54) is 0 Å². The van der Waals surface area contributed by atoms with Crippen LogP contribution in [0.1, 0.15) is 6.92 Å². The van der Waals surface area contributed by atoms with Crippen molar-refractivity contribution in [2.24, 2.45) is 11.5 Å². The fourth-order valence-corrected chi connectivity index (χ4v) is 0.879. The summed E-state index contributed by atoms with van der Waals surface area (Å²) in [5.74, 6) is 0. The van der Waals surface area contributed by atoms with Gasteiger partial charge in [0.1, 0.15) is 0 Å². The minimum Gasteiger partial charge on any atom is -0.321 e. The molecule has 0 saturated heterocycles. The molecule has 62 valence electrons. The number of hydrogen-bond donors (Lipinski definition) is 2. The lowest BCUT2D eigenvalue weighted by atomic mass is 10.0. The molecule has 11 heavy (non-hydrogen) atoms. The van der Waals surface area contributed by atoms with Gasteiger partial charge in [-0.25, -0.2) is 0 Å². The minimum atomic E-state index is -0.159. The molecule has 0 fully saturated rings. The largest absolute Gasteiger partial charge is 0.321 e. The third kappa shape index (κ3) is 2.70. The Bertz CT molecular complexity index is 154. The van der Waals surface area contributed by atoms with E-state index in [1.54, 1.807) is 12.2 Å². The minimum absolute atomic E-state index is 0.159. The van der Waals surface area contributed by atoms with Gasteiger partial charge in [-0.1, -0.05) is 18.2 Å². The Hall–Kier alpha value is -0.860. The maximum Gasteiger partial charge on any atom is 0.0455 e. The van der Waals surface area contributed by atoms with Gasteiger partial charge in [0.25, 0.3) is 0 Å². The highest BCUT2D eigenvalue weighted by atomic mass is 14.7. The fourth-order valence-electron chi connectivity index (χ4n) is 0.879. The first-order valence-corrected chi connectivity index (χ1v) is 3.59. The van der Waals surface area contributed by atoms with Crippen molar-refractivity contribution in [1.29, 1.82) is 0 Å². The van der Waals surface area contributed by atoms with Crippen LogP contribution < -0.4 is 11.5 Å². The third-order valence-corrected chi connectivity index (χ3v) is 1.61. The lowest BCUT2D eigenvalue weighted by Crippen LogP contribution is -2.31. The molecule has 2 atom stereocenters. The zero-order chi connectivity index (χ0) is 8.85. The van der Waals surface area contributed by atoms with E-state index in [9.17, 15) is 0 Å². The maximum atomic E-state index is 5.69. The Morgan fingerprint density at radius 1 is 1.18 bits per heavy atom. The van der Waals surface area contributed by atoms with Gasteiger partial charge in [0.15, 0.2) is 0 Å². The molecule has 0 bridgehead atoms. The van der Waals surface area contributed by atoms with Gasteiger partial charge in [-0.2, -0.15) is 0 Å². The third-order valence-electron chi connectivity index (χ3n) is 1.61. The molecule has 0 aliphatic rings. The highest BCUT2D eigenvalue weighted by molar-refractivity contribution is 5.24. The summed E-state index contributed by atoms with van der Waals surface area (Å²) in [7, 11) is 0. The van der Waals surface area contributed by atoms with Crippen LogP contribution in [0.4, 0.5) is 0 Å². The molecule has 2 nitrogen and oxygen atoms in total. The van der Waals surface area contributed by atoms with E-state index in [-0.39, 0.29) is 12.1 Å². The van der Waals surface area contributed by atoms with Crippen molar-refractivity contribution in [1.82, 2.24) is 0 Å². The summed E-state index contributed by atoms with van der Waals surface area (Å²) in [5, 5.41) is 0. The summed E-state index contributed by atoms with van der Waals surface area (Å²) < 4.78 is 0. The average Bonchev–Trinajstić information content (AvgIpc) is 2.05. The van der Waals surface area contributed by atoms with Gasteiger partial charge >= 0.3 is 0 Å². The second-order valence-electron chi connectivity index (χ2n) is 2.31. The molecule has 0 rings (SSSR count). The summed E-state index contributed by atoms with van der Waals surface area (Å²) in [4.78, 5) is 0. The van der Waals surface area contributed by atoms with Gasteiger partial charge in [-0.05, 0) is 12.5 Å². The Morgan fingerprint density at radius 2 is 1.55 bits per heavy atom. The summed E-state index contributed by atoms with van der Waals surface area (Å²) in [6, 6.07) is -0.319. The van der Waals surface area contributed by atoms with Crippen molar-refractivity contribution in [3.63, 3.8) is 0 Å². The van der Waals surface area contributed by atoms with Crippen LogP contribution in [-0.4, -0.2) is 12.1 Å². The highest BCUT2D eigenvalue weighted by Gasteiger charge is 2.09. The van der Waals surface area contributed by atoms with Crippen molar-refractivity contribution in [2.75, 3.05) is 0 Å². The quantitative estimate of drug-likeness (QED) is 0.589. The number of nitrogens with two attached hydrogens (primary N) is 2. The second kappa shape index (κ2) is 4.88. The van der Waals surface area contributed by atoms with Crippen molar-refractivity contribution in [3.05, 3.63) is 37.0 Å². The second-order valence-corrected chi connectivity index (χ2v) is 2.31. The fraction of sp³-hybridized carbons (Fsp3) is 0.333. The standard InChI is InChI=1S/C9H16N2/c1-4-7(8(10)5-2)9(11)6-3/h4-6,8-9H,2-3,10-11H2,1H3. The molecular weight excluding hydrogens is 136 g/mol. The Morgan fingerprint density at radius 3 is 1.73 bits per heavy atom. The average molecular weight is 152 g/mol. The van der Waals surface area contributed by atoms with E-state index in [2.05, 4.69) is 13.2 Å². The molecule has 0 aromatic rings. The van der Waals surface area contributed by atoms with Gasteiger partial charge in [0.05, 0.1) is 0 Å². The van der Waals surface area contributed by atoms with Crippen molar-refractivity contribution in [3.8, 4) is 0 Å². The van der Waals surface area contributed by atoms with E-state index in [0.717, 1.165) is 5.57 Å². The highest BCUT2D eigenvalue weighted by Crippen LogP contribution is 2.05. The van der Waals surface area contributed by atoms with Gasteiger partial charge in [-0.3, -0.25) is 0 Å². The van der Waals surface area contributed by atoms with Crippen LogP contribution in [-0.2, 0) is 0 Å². The molecule has 0 heterocycles. The topological polar surface area (TPSA) is 52.0 Å². The molecule has 0 amide bonds. The first-order chi connectivity index (χ1) is 5.17. The van der Waals surface area contributed by atoms with E-state index in [0.29, 0.717) is 0 Å². The zero-order valence-corrected chi connectivity index (χ0v) is 6.96. The van der Waals surface area contributed by atoms with Crippen LogP contribution in [0.2, 0.25) is 0 Å². The molecule has 2 unspecified atom stereocenters. The first kappa shape index (κ1) is 10.1. The van der Waals surface area contributed by atoms with Gasteiger partial charge in [-0.15, -0.1) is 13.2 Å². The molecule has 0 aromatic carbocycles. The monoisotopic (exact) mass is 152 g/mol. The number of allylic oxidation sites excluding steroid dienone is 1. The van der Waals surface area contributed by atoms with E-state index < -0.39 is 0 Å². The van der Waals surface area contributed by atoms with Crippen LogP contribution in [0.3, 0.4) is 0 Å². The summed E-state index contributed by atoms with van der Waals surface area (Å²) in [6.07, 6.45) is 5.23. The van der Waals surface area contributed by atoms with Crippen molar-refractivity contribution >= 4 is 0 Å². The SMILES string of the molecule is C=CC(N)C(=CC)C(N)C=C. The van der Waals surface area contributed by atoms with Gasteiger partial charge in [0.2, 0.25) is 0 Å². The van der Waals surface area contributed by atoms with Crippen LogP contribution in [0.5, 0.6) is 0 Å². The van der Waals surface area contributed by atoms with Crippen LogP contribution >= 0.6 is 0 Å². The first-order valence-electron chi connectivity index (χ1n) is 3.59. The lowest BCUT2D eigenvalue weighted by Gasteiger charge is -2.15. The van der Waals surface area contributed by atoms with E-state index in [1.807, 2.05) is 13.0 Å². The van der Waals surface area contributed by atoms with Crippen LogP contribution in [0.25, 0.3) is 0 Å². The smallest absolute Gasteiger partial charge is 0.0455 e. The molecule has 0 radical (unpaired) electrons. The number of hydrogen-bond acceptors (Lipinski definition) is 2. The molecule has 0 aromatic heterocycles. The molecular formula is C9H16N2. The molecule has 4 N–H and O–H groups in total. The predicted molar refractivity (Wildman–Crippen MR) is 50.1 cm³/mol. The molecule has 0 saturated carbocycles. The summed E-state index contributed by atoms with van der Waals surface area (Å²) in [6.45, 7) is 9.09. The van der Waals surface area contributed by atoms with Crippen LogP contribution in [0.15, 0.2) is 37.0 Å². The zero-order valence-electron chi connectivity index (χ0n) is 6.96. The summed E-state index contributed by atoms with van der Waals surface area (Å²) in [5.41, 5.74) is 12.3. The molecule has 0 spiro atoms. The maximum absolute atomic E-state index is 5.69.